The van der Waals surface area contributed by atoms with E-state index in [-0.39, 0.29) is 12.2 Å². The molecule has 0 aliphatic heterocycles. The number of rotatable bonds is 5. The Kier molecular flexibility index (Phi) is 5.32. The van der Waals surface area contributed by atoms with E-state index in [4.69, 9.17) is 9.47 Å². The van der Waals surface area contributed by atoms with Crippen LogP contribution in [0, 0.1) is 27.7 Å². The van der Waals surface area contributed by atoms with Crippen LogP contribution in [0.4, 0.5) is 0 Å². The number of nitrogens with one attached hydrogen (secondary N) is 1. The number of carbonyl (C=O) groups is 1. The molecule has 0 unspecified atom stereocenters. The molecule has 1 N–H and O–H groups in total. The van der Waals surface area contributed by atoms with E-state index in [1.807, 2.05) is 45.9 Å². The first kappa shape index (κ1) is 19.1. The first-order valence-electron chi connectivity index (χ1n) is 8.65. The van der Waals surface area contributed by atoms with Crippen LogP contribution in [0.3, 0.4) is 0 Å². The highest BCUT2D eigenvalue weighted by atomic mass is 32.1. The summed E-state index contributed by atoms with van der Waals surface area (Å²) in [6, 6.07) is 5.75. The number of aryl methyl sites for hydroxylation is 4. The zero-order valence-electron chi connectivity index (χ0n) is 16.0. The van der Waals surface area contributed by atoms with Gasteiger partial charge in [0.1, 0.15) is 10.6 Å². The molecule has 0 saturated carbocycles. The van der Waals surface area contributed by atoms with Crippen LogP contribution in [0.15, 0.2) is 23.0 Å². The van der Waals surface area contributed by atoms with Crippen molar-refractivity contribution in [2.45, 2.75) is 40.7 Å². The summed E-state index contributed by atoms with van der Waals surface area (Å²) < 4.78 is 10.9. The zero-order chi connectivity index (χ0) is 19.7. The average Bonchev–Trinajstić information content (AvgIpc) is 2.87. The lowest BCUT2D eigenvalue weighted by molar-refractivity contribution is -0.151. The number of H-pyrrole nitrogens is 1. The average molecular weight is 386 g/mol. The van der Waals surface area contributed by atoms with Gasteiger partial charge in [-0.2, -0.15) is 0 Å². The van der Waals surface area contributed by atoms with Gasteiger partial charge in [0.15, 0.2) is 18.5 Å². The van der Waals surface area contributed by atoms with Gasteiger partial charge in [-0.05, 0) is 63.4 Å². The van der Waals surface area contributed by atoms with E-state index in [0.29, 0.717) is 21.8 Å². The molecule has 7 heteroatoms. The van der Waals surface area contributed by atoms with Gasteiger partial charge in [0.05, 0.1) is 5.39 Å². The Balaban J connectivity index is 1.69. The SMILES string of the molecule is Cc1cc(C)cc(OCC(=O)O[C@H](C)c2nc3sc(C)c(C)c3c(=O)[nH]2)c1. The number of aromatic nitrogens is 2. The van der Waals surface area contributed by atoms with Crippen molar-refractivity contribution < 1.29 is 14.3 Å². The highest BCUT2D eigenvalue weighted by molar-refractivity contribution is 7.18. The van der Waals surface area contributed by atoms with Gasteiger partial charge in [0.2, 0.25) is 0 Å². The van der Waals surface area contributed by atoms with E-state index in [9.17, 15) is 9.59 Å². The third kappa shape index (κ3) is 4.19. The van der Waals surface area contributed by atoms with Gasteiger partial charge in [0, 0.05) is 4.88 Å². The van der Waals surface area contributed by atoms with Crippen molar-refractivity contribution in [3.05, 3.63) is 55.9 Å². The van der Waals surface area contributed by atoms with Crippen LogP contribution in [0.2, 0.25) is 0 Å². The lowest BCUT2D eigenvalue weighted by atomic mass is 10.1. The molecule has 3 aromatic rings. The monoisotopic (exact) mass is 386 g/mol. The Morgan fingerprint density at radius 2 is 1.85 bits per heavy atom. The molecular weight excluding hydrogens is 364 g/mol. The molecule has 0 saturated heterocycles. The Morgan fingerprint density at radius 1 is 1.19 bits per heavy atom. The van der Waals surface area contributed by atoms with Gasteiger partial charge < -0.3 is 14.5 Å². The molecule has 0 bridgehead atoms. The number of thiophene rings is 1. The van der Waals surface area contributed by atoms with Crippen LogP contribution in [0.1, 0.15) is 40.4 Å². The number of hydrogen-bond acceptors (Lipinski definition) is 6. The van der Waals surface area contributed by atoms with Crippen LogP contribution < -0.4 is 10.3 Å². The summed E-state index contributed by atoms with van der Waals surface area (Å²) >= 11 is 1.46. The van der Waals surface area contributed by atoms with E-state index in [2.05, 4.69) is 9.97 Å². The Hall–Kier alpha value is -2.67. The number of ether oxygens (including phenoxy) is 2. The number of esters is 1. The second kappa shape index (κ2) is 7.52. The summed E-state index contributed by atoms with van der Waals surface area (Å²) in [7, 11) is 0. The molecular formula is C20H22N2O4S. The van der Waals surface area contributed by atoms with E-state index in [0.717, 1.165) is 21.6 Å². The Bertz CT molecular complexity index is 1050. The fourth-order valence-corrected chi connectivity index (χ4v) is 3.95. The molecule has 2 heterocycles. The maximum atomic E-state index is 12.3. The lowest BCUT2D eigenvalue weighted by Gasteiger charge is -2.13. The molecule has 0 aliphatic carbocycles. The standard InChI is InChI=1S/C20H22N2O4S/c1-10-6-11(2)8-15(7-10)25-9-16(23)26-13(4)18-21-19(24)17-12(3)14(5)27-20(17)22-18/h6-8,13H,9H2,1-5H3,(H,21,22,24)/t13-/m1/s1. The summed E-state index contributed by atoms with van der Waals surface area (Å²) in [4.78, 5) is 33.3. The quantitative estimate of drug-likeness (QED) is 0.673. The normalized spacial score (nSPS) is 12.2. The molecule has 6 nitrogen and oxygen atoms in total. The number of carbonyl (C=O) groups excluding carboxylic acids is 1. The fourth-order valence-electron chi connectivity index (χ4n) is 2.91. The number of hydrogen-bond donors (Lipinski definition) is 1. The van der Waals surface area contributed by atoms with Crippen molar-refractivity contribution in [2.75, 3.05) is 6.61 Å². The molecule has 2 aromatic heterocycles. The van der Waals surface area contributed by atoms with E-state index >= 15 is 0 Å². The van der Waals surface area contributed by atoms with Gasteiger partial charge in [-0.15, -0.1) is 11.3 Å². The lowest BCUT2D eigenvalue weighted by Crippen LogP contribution is -2.20. The maximum Gasteiger partial charge on any atom is 0.344 e. The molecule has 0 aliphatic rings. The first-order chi connectivity index (χ1) is 12.7. The smallest absolute Gasteiger partial charge is 0.344 e. The van der Waals surface area contributed by atoms with Crippen LogP contribution in [-0.2, 0) is 9.53 Å². The molecule has 0 amide bonds. The minimum absolute atomic E-state index is 0.211. The molecule has 27 heavy (non-hydrogen) atoms. The predicted octanol–water partition coefficient (Wildman–Crippen LogP) is 3.90. The molecule has 1 atom stereocenters. The third-order valence-corrected chi connectivity index (χ3v) is 5.40. The van der Waals surface area contributed by atoms with Crippen molar-refractivity contribution in [1.29, 1.82) is 0 Å². The minimum Gasteiger partial charge on any atom is -0.482 e. The van der Waals surface area contributed by atoms with Gasteiger partial charge in [-0.3, -0.25) is 4.79 Å². The topological polar surface area (TPSA) is 81.3 Å². The highest BCUT2D eigenvalue weighted by Crippen LogP contribution is 2.27. The van der Waals surface area contributed by atoms with Crippen molar-refractivity contribution in [1.82, 2.24) is 9.97 Å². The first-order valence-corrected chi connectivity index (χ1v) is 9.46. The van der Waals surface area contributed by atoms with Crippen molar-refractivity contribution in [3.8, 4) is 5.75 Å². The van der Waals surface area contributed by atoms with Crippen molar-refractivity contribution >= 4 is 27.5 Å². The summed E-state index contributed by atoms with van der Waals surface area (Å²) in [6.07, 6.45) is -0.680. The minimum atomic E-state index is -0.680. The molecule has 0 fully saturated rings. The van der Waals surface area contributed by atoms with E-state index < -0.39 is 12.1 Å². The molecule has 0 spiro atoms. The Morgan fingerprint density at radius 3 is 2.52 bits per heavy atom. The second-order valence-electron chi connectivity index (χ2n) is 6.66. The van der Waals surface area contributed by atoms with E-state index in [1.165, 1.54) is 11.3 Å². The largest absolute Gasteiger partial charge is 0.482 e. The number of aromatic amines is 1. The van der Waals surface area contributed by atoms with Crippen LogP contribution in [0.25, 0.3) is 10.2 Å². The van der Waals surface area contributed by atoms with Crippen LogP contribution >= 0.6 is 11.3 Å². The third-order valence-electron chi connectivity index (χ3n) is 4.30. The number of nitrogens with zero attached hydrogens (tertiary/aromatic N) is 1. The molecule has 0 radical (unpaired) electrons. The fraction of sp³-hybridized carbons (Fsp3) is 0.350. The maximum absolute atomic E-state index is 12.3. The molecule has 1 aromatic carbocycles. The van der Waals surface area contributed by atoms with Crippen LogP contribution in [-0.4, -0.2) is 22.5 Å². The second-order valence-corrected chi connectivity index (χ2v) is 7.86. The summed E-state index contributed by atoms with van der Waals surface area (Å²) in [6.45, 7) is 9.25. The van der Waals surface area contributed by atoms with Crippen LogP contribution in [0.5, 0.6) is 5.75 Å². The van der Waals surface area contributed by atoms with Crippen molar-refractivity contribution in [2.24, 2.45) is 0 Å². The zero-order valence-corrected chi connectivity index (χ0v) is 16.8. The number of benzene rings is 1. The van der Waals surface area contributed by atoms with Gasteiger partial charge in [-0.25, -0.2) is 9.78 Å². The molecule has 3 rings (SSSR count). The summed E-state index contributed by atoms with van der Waals surface area (Å²) in [5.74, 6) is 0.422. The predicted molar refractivity (Wildman–Crippen MR) is 106 cm³/mol. The van der Waals surface area contributed by atoms with E-state index in [1.54, 1.807) is 6.92 Å². The Labute approximate surface area is 161 Å². The highest BCUT2D eigenvalue weighted by Gasteiger charge is 2.18. The van der Waals surface area contributed by atoms with Gasteiger partial charge in [0.25, 0.3) is 5.56 Å². The number of fused-ring (bicyclic) bond motifs is 1. The van der Waals surface area contributed by atoms with Gasteiger partial charge >= 0.3 is 5.97 Å². The van der Waals surface area contributed by atoms with Gasteiger partial charge in [-0.1, -0.05) is 6.07 Å². The summed E-state index contributed by atoms with van der Waals surface area (Å²) in [5.41, 5.74) is 2.83. The summed E-state index contributed by atoms with van der Waals surface area (Å²) in [5, 5.41) is 0.595. The molecule has 142 valence electrons. The van der Waals surface area contributed by atoms with Crippen molar-refractivity contribution in [3.63, 3.8) is 0 Å².